The van der Waals surface area contributed by atoms with Crippen molar-refractivity contribution in [1.29, 1.82) is 0 Å². The molecule has 0 bridgehead atoms. The van der Waals surface area contributed by atoms with E-state index in [4.69, 9.17) is 0 Å². The first-order valence-corrected chi connectivity index (χ1v) is 5.39. The zero-order valence-electron chi connectivity index (χ0n) is 10.1. The summed E-state index contributed by atoms with van der Waals surface area (Å²) in [6.07, 6.45) is 2.56. The molecule has 0 spiro atoms. The summed E-state index contributed by atoms with van der Waals surface area (Å²) in [7, 11) is 1.81. The fraction of sp³-hybridized carbons (Fsp3) is 0.308. The summed E-state index contributed by atoms with van der Waals surface area (Å²) < 4.78 is 0. The van der Waals surface area contributed by atoms with E-state index >= 15 is 0 Å². The van der Waals surface area contributed by atoms with Gasteiger partial charge in [0.05, 0.1) is 6.04 Å². The second-order valence-corrected chi connectivity index (χ2v) is 3.96. The Morgan fingerprint density at radius 3 is 2.76 bits per heavy atom. The molecule has 1 atom stereocenters. The Hall–Kier alpha value is -0.506. The molecule has 1 unspecified atom stereocenters. The minimum Gasteiger partial charge on any atom is -0.663 e. The van der Waals surface area contributed by atoms with Crippen LogP contribution in [0.3, 0.4) is 0 Å². The van der Waals surface area contributed by atoms with Crippen LogP contribution < -0.4 is 10.3 Å². The van der Waals surface area contributed by atoms with Crippen LogP contribution in [0.4, 0.5) is 0 Å². The maximum atomic E-state index is 11.4. The van der Waals surface area contributed by atoms with Gasteiger partial charge in [0.1, 0.15) is 5.78 Å². The Labute approximate surface area is 126 Å². The summed E-state index contributed by atoms with van der Waals surface area (Å²) in [5.74, 6) is 0.160. The molecule has 1 aromatic carbocycles. The molecular weight excluding hydrogens is 289 g/mol. The van der Waals surface area contributed by atoms with Crippen LogP contribution in [0.15, 0.2) is 30.5 Å². The average Bonchev–Trinajstić information content (AvgIpc) is 2.69. The molecule has 0 aliphatic rings. The molecule has 2 rings (SSSR count). The molecule has 0 radical (unpaired) electrons. The molecular formula is C13H15N2OY+2. The van der Waals surface area contributed by atoms with Gasteiger partial charge in [0, 0.05) is 0 Å². The van der Waals surface area contributed by atoms with Crippen molar-refractivity contribution < 1.29 is 37.5 Å². The van der Waals surface area contributed by atoms with Gasteiger partial charge in [-0.1, -0.05) is 29.8 Å². The standard InChI is InChI=1S/C13H15N2O.Y/c1-9(16)13(14-2)7-10-8-15-12-6-4-3-5-11(10)12;/h3-6,8,13-14H,7H2,1-2H3;/q-1;+3. The quantitative estimate of drug-likeness (QED) is 0.931. The van der Waals surface area contributed by atoms with Crippen molar-refractivity contribution in [2.24, 2.45) is 0 Å². The molecule has 0 saturated heterocycles. The average molecular weight is 304 g/mol. The molecule has 84 valence electrons. The van der Waals surface area contributed by atoms with Crippen LogP contribution in [0.25, 0.3) is 10.9 Å². The van der Waals surface area contributed by atoms with Crippen LogP contribution in [0.2, 0.25) is 0 Å². The Morgan fingerprint density at radius 1 is 1.41 bits per heavy atom. The molecule has 1 heterocycles. The molecule has 0 saturated carbocycles. The van der Waals surface area contributed by atoms with Crippen molar-refractivity contribution >= 4 is 16.7 Å². The Bertz CT molecular complexity index is 507. The van der Waals surface area contributed by atoms with Gasteiger partial charge >= 0.3 is 32.7 Å². The summed E-state index contributed by atoms with van der Waals surface area (Å²) in [6, 6.07) is 7.88. The number of aromatic nitrogens is 1. The number of nitrogens with zero attached hydrogens (tertiary/aromatic N) is 1. The fourth-order valence-corrected chi connectivity index (χ4v) is 1.91. The van der Waals surface area contributed by atoms with Crippen molar-refractivity contribution in [2.75, 3.05) is 7.05 Å². The molecule has 1 N–H and O–H groups in total. The number of ketones is 1. The first-order chi connectivity index (χ1) is 7.72. The zero-order chi connectivity index (χ0) is 11.5. The first-order valence-electron chi connectivity index (χ1n) is 5.39. The number of carbonyl (C=O) groups is 1. The number of hydrogen-bond acceptors (Lipinski definition) is 2. The predicted molar refractivity (Wildman–Crippen MR) is 64.5 cm³/mol. The normalized spacial score (nSPS) is 12.1. The maximum absolute atomic E-state index is 11.4. The van der Waals surface area contributed by atoms with E-state index in [2.05, 4.69) is 10.3 Å². The third-order valence-corrected chi connectivity index (χ3v) is 2.87. The fourth-order valence-electron chi connectivity index (χ4n) is 1.91. The van der Waals surface area contributed by atoms with Crippen LogP contribution in [-0.4, -0.2) is 18.9 Å². The SMILES string of the molecule is CNC(Cc1c[n-]c2ccccc12)C(C)=O.[Y+3]. The molecule has 0 aliphatic carbocycles. The van der Waals surface area contributed by atoms with Crippen molar-refractivity contribution in [1.82, 2.24) is 10.3 Å². The molecule has 0 amide bonds. The number of Topliss-reactive ketones (excluding diaryl/α,β-unsaturated/α-hetero) is 1. The van der Waals surface area contributed by atoms with Gasteiger partial charge in [-0.05, 0) is 25.8 Å². The largest absolute Gasteiger partial charge is 3.00 e. The van der Waals surface area contributed by atoms with Crippen LogP contribution in [0, 0.1) is 0 Å². The number of para-hydroxylation sites is 1. The third-order valence-electron chi connectivity index (χ3n) is 2.87. The minimum atomic E-state index is -0.118. The predicted octanol–water partition coefficient (Wildman–Crippen LogP) is 1.51. The summed E-state index contributed by atoms with van der Waals surface area (Å²) in [6.45, 7) is 1.61. The van der Waals surface area contributed by atoms with E-state index in [1.54, 1.807) is 6.92 Å². The van der Waals surface area contributed by atoms with Crippen LogP contribution in [-0.2, 0) is 43.9 Å². The monoisotopic (exact) mass is 304 g/mol. The van der Waals surface area contributed by atoms with Gasteiger partial charge in [-0.2, -0.15) is 6.20 Å². The second kappa shape index (κ2) is 6.43. The minimum absolute atomic E-state index is 0. The molecule has 17 heavy (non-hydrogen) atoms. The number of rotatable bonds is 4. The van der Waals surface area contributed by atoms with Crippen molar-refractivity contribution in [2.45, 2.75) is 19.4 Å². The zero-order valence-corrected chi connectivity index (χ0v) is 12.9. The number of carbonyl (C=O) groups excluding carboxylic acids is 1. The van der Waals surface area contributed by atoms with E-state index in [1.807, 2.05) is 37.5 Å². The summed E-state index contributed by atoms with van der Waals surface area (Å²) in [5, 5.41) is 4.17. The van der Waals surface area contributed by atoms with E-state index in [0.29, 0.717) is 6.42 Å². The number of hydrogen-bond donors (Lipinski definition) is 1. The summed E-state index contributed by atoms with van der Waals surface area (Å²) in [5.41, 5.74) is 2.13. The van der Waals surface area contributed by atoms with E-state index < -0.39 is 0 Å². The smallest absolute Gasteiger partial charge is 0.663 e. The van der Waals surface area contributed by atoms with Gasteiger partial charge in [0.2, 0.25) is 0 Å². The van der Waals surface area contributed by atoms with Gasteiger partial charge in [0.25, 0.3) is 0 Å². The topological polar surface area (TPSA) is 43.2 Å². The summed E-state index contributed by atoms with van der Waals surface area (Å²) >= 11 is 0. The molecule has 4 heteroatoms. The van der Waals surface area contributed by atoms with Gasteiger partial charge in [0.15, 0.2) is 0 Å². The van der Waals surface area contributed by atoms with Crippen molar-refractivity contribution in [3.63, 3.8) is 0 Å². The first kappa shape index (κ1) is 14.6. The molecule has 0 fully saturated rings. The van der Waals surface area contributed by atoms with E-state index in [0.717, 1.165) is 16.5 Å². The van der Waals surface area contributed by atoms with Crippen molar-refractivity contribution in [3.05, 3.63) is 36.0 Å². The van der Waals surface area contributed by atoms with Gasteiger partial charge < -0.3 is 10.3 Å². The van der Waals surface area contributed by atoms with E-state index in [9.17, 15) is 4.79 Å². The van der Waals surface area contributed by atoms with E-state index in [-0.39, 0.29) is 44.5 Å². The number of likely N-dealkylation sites (N-methyl/N-ethyl adjacent to an activating group) is 1. The van der Waals surface area contributed by atoms with Crippen molar-refractivity contribution in [3.8, 4) is 0 Å². The number of fused-ring (bicyclic) bond motifs is 1. The number of benzene rings is 1. The van der Waals surface area contributed by atoms with E-state index in [1.165, 1.54) is 0 Å². The molecule has 0 aliphatic heterocycles. The second-order valence-electron chi connectivity index (χ2n) is 3.96. The Morgan fingerprint density at radius 2 is 2.12 bits per heavy atom. The Balaban J connectivity index is 0.00000144. The molecule has 3 nitrogen and oxygen atoms in total. The van der Waals surface area contributed by atoms with Crippen LogP contribution in [0.1, 0.15) is 12.5 Å². The van der Waals surface area contributed by atoms with Crippen LogP contribution in [0.5, 0.6) is 0 Å². The number of nitrogens with one attached hydrogen (secondary N) is 1. The molecule has 1 aromatic heterocycles. The van der Waals surface area contributed by atoms with Crippen LogP contribution >= 0.6 is 0 Å². The summed E-state index contributed by atoms with van der Waals surface area (Å²) in [4.78, 5) is 15.7. The molecule has 2 aromatic rings. The van der Waals surface area contributed by atoms with Gasteiger partial charge in [-0.15, -0.1) is 5.52 Å². The van der Waals surface area contributed by atoms with Gasteiger partial charge in [-0.3, -0.25) is 4.79 Å². The Kier molecular flexibility index (Phi) is 5.51. The third kappa shape index (κ3) is 3.24. The van der Waals surface area contributed by atoms with Gasteiger partial charge in [-0.25, -0.2) is 0 Å². The maximum Gasteiger partial charge on any atom is 3.00 e.